The van der Waals surface area contributed by atoms with E-state index in [0.717, 1.165) is 16.9 Å². The largest absolute Gasteiger partial charge is 0.481 e. The summed E-state index contributed by atoms with van der Waals surface area (Å²) >= 11 is 0. The Bertz CT molecular complexity index is 528. The maximum absolute atomic E-state index is 10.4. The van der Waals surface area contributed by atoms with Crippen LogP contribution in [-0.2, 0) is 11.2 Å². The first-order valence-electron chi connectivity index (χ1n) is 5.11. The number of nitrogens with two attached hydrogens (primary N) is 1. The normalized spacial score (nSPS) is 9.56. The van der Waals surface area contributed by atoms with Gasteiger partial charge < -0.3 is 15.8 Å². The highest BCUT2D eigenvalue weighted by Gasteiger charge is 2.04. The van der Waals surface area contributed by atoms with Gasteiger partial charge in [0.05, 0.1) is 11.0 Å². The minimum Gasteiger partial charge on any atom is -0.481 e. The molecule has 1 heterocycles. The topological polar surface area (TPSA) is 92.0 Å². The third-order valence-corrected chi connectivity index (χ3v) is 2.36. The van der Waals surface area contributed by atoms with Crippen molar-refractivity contribution < 1.29 is 9.90 Å². The highest BCUT2D eigenvalue weighted by atomic mass is 35.5. The molecule has 0 aliphatic carbocycles. The number of aliphatic carboxylic acids is 1. The van der Waals surface area contributed by atoms with E-state index in [0.29, 0.717) is 18.5 Å². The van der Waals surface area contributed by atoms with Crippen LogP contribution in [0.4, 0.5) is 5.69 Å². The summed E-state index contributed by atoms with van der Waals surface area (Å²) in [6, 6.07) is 5.47. The number of hydrogen-bond acceptors (Lipinski definition) is 3. The summed E-state index contributed by atoms with van der Waals surface area (Å²) in [6.07, 6.45) is 1.39. The number of carboxylic acids is 1. The number of anilines is 1. The molecular formula is C11H15Cl2N3O2. The first-order chi connectivity index (χ1) is 7.65. The molecule has 100 valence electrons. The Morgan fingerprint density at radius 3 is 2.78 bits per heavy atom. The van der Waals surface area contributed by atoms with Gasteiger partial charge in [-0.2, -0.15) is 0 Å². The van der Waals surface area contributed by atoms with E-state index in [1.54, 1.807) is 6.07 Å². The number of carbonyl (C=O) groups is 1. The molecule has 0 spiro atoms. The summed E-state index contributed by atoms with van der Waals surface area (Å²) in [5.74, 6) is 0.0298. The number of aryl methyl sites for hydroxylation is 1. The zero-order valence-corrected chi connectivity index (χ0v) is 11.2. The molecule has 2 aromatic rings. The van der Waals surface area contributed by atoms with Crippen LogP contribution in [0.15, 0.2) is 18.2 Å². The number of aromatic amines is 1. The highest BCUT2D eigenvalue weighted by molar-refractivity contribution is 5.85. The molecule has 0 saturated carbocycles. The van der Waals surface area contributed by atoms with Crippen molar-refractivity contribution in [2.75, 3.05) is 5.73 Å². The lowest BCUT2D eigenvalue weighted by Crippen LogP contribution is -1.96. The van der Waals surface area contributed by atoms with Gasteiger partial charge in [-0.3, -0.25) is 4.79 Å². The molecule has 0 bridgehead atoms. The smallest absolute Gasteiger partial charge is 0.303 e. The molecule has 2 rings (SSSR count). The third kappa shape index (κ3) is 4.09. The lowest BCUT2D eigenvalue weighted by Gasteiger charge is -1.92. The minimum absolute atomic E-state index is 0. The average Bonchev–Trinajstić information content (AvgIpc) is 2.58. The van der Waals surface area contributed by atoms with Crippen molar-refractivity contribution in [3.05, 3.63) is 24.0 Å². The Morgan fingerprint density at radius 1 is 1.39 bits per heavy atom. The predicted octanol–water partition coefficient (Wildman–Crippen LogP) is 2.40. The summed E-state index contributed by atoms with van der Waals surface area (Å²) in [6.45, 7) is 0. The van der Waals surface area contributed by atoms with E-state index < -0.39 is 5.97 Å². The van der Waals surface area contributed by atoms with E-state index >= 15 is 0 Å². The maximum Gasteiger partial charge on any atom is 0.303 e. The molecular weight excluding hydrogens is 277 g/mol. The molecule has 5 nitrogen and oxygen atoms in total. The monoisotopic (exact) mass is 291 g/mol. The second-order valence-corrected chi connectivity index (χ2v) is 3.71. The summed E-state index contributed by atoms with van der Waals surface area (Å²) in [5.41, 5.74) is 8.09. The van der Waals surface area contributed by atoms with Crippen molar-refractivity contribution in [3.63, 3.8) is 0 Å². The first kappa shape index (κ1) is 16.5. The summed E-state index contributed by atoms with van der Waals surface area (Å²) in [4.78, 5) is 17.8. The van der Waals surface area contributed by atoms with Crippen LogP contribution in [0.1, 0.15) is 18.7 Å². The Balaban J connectivity index is 0.00000144. The van der Waals surface area contributed by atoms with Gasteiger partial charge in [0.2, 0.25) is 0 Å². The Morgan fingerprint density at radius 2 is 2.11 bits per heavy atom. The van der Waals surface area contributed by atoms with Gasteiger partial charge in [0, 0.05) is 18.5 Å². The lowest BCUT2D eigenvalue weighted by atomic mass is 10.2. The van der Waals surface area contributed by atoms with E-state index in [9.17, 15) is 4.79 Å². The maximum atomic E-state index is 10.4. The molecule has 18 heavy (non-hydrogen) atoms. The molecule has 0 unspecified atom stereocenters. The summed E-state index contributed by atoms with van der Waals surface area (Å²) in [5, 5.41) is 8.52. The summed E-state index contributed by atoms with van der Waals surface area (Å²) < 4.78 is 0. The van der Waals surface area contributed by atoms with Gasteiger partial charge in [-0.05, 0) is 24.6 Å². The summed E-state index contributed by atoms with van der Waals surface area (Å²) in [7, 11) is 0. The second-order valence-electron chi connectivity index (χ2n) is 3.71. The van der Waals surface area contributed by atoms with Crippen molar-refractivity contribution in [3.8, 4) is 0 Å². The van der Waals surface area contributed by atoms with Gasteiger partial charge in [-0.1, -0.05) is 0 Å². The fourth-order valence-electron chi connectivity index (χ4n) is 1.61. The van der Waals surface area contributed by atoms with Crippen molar-refractivity contribution in [2.45, 2.75) is 19.3 Å². The van der Waals surface area contributed by atoms with E-state index in [1.807, 2.05) is 12.1 Å². The fourth-order valence-corrected chi connectivity index (χ4v) is 1.61. The van der Waals surface area contributed by atoms with Crippen molar-refractivity contribution in [2.24, 2.45) is 0 Å². The number of carboxylic acid groups (broad SMARTS) is 1. The number of aromatic nitrogens is 2. The molecule has 0 amide bonds. The van der Waals surface area contributed by atoms with Gasteiger partial charge in [0.1, 0.15) is 5.82 Å². The Hall–Kier alpha value is -1.46. The third-order valence-electron chi connectivity index (χ3n) is 2.36. The number of hydrogen-bond donors (Lipinski definition) is 3. The van der Waals surface area contributed by atoms with Gasteiger partial charge in [-0.15, -0.1) is 24.8 Å². The van der Waals surface area contributed by atoms with E-state index in [2.05, 4.69) is 9.97 Å². The molecule has 0 atom stereocenters. The number of benzene rings is 1. The van der Waals surface area contributed by atoms with Crippen LogP contribution in [0, 0.1) is 0 Å². The number of nitrogens with one attached hydrogen (secondary N) is 1. The van der Waals surface area contributed by atoms with Crippen molar-refractivity contribution in [1.29, 1.82) is 0 Å². The number of rotatable bonds is 4. The standard InChI is InChI=1S/C11H13N3O2.2ClH/c12-7-4-5-8-9(6-7)14-10(13-8)2-1-3-11(15)16;;/h4-6H,1-3,12H2,(H,13,14)(H,15,16);2*1H. The molecule has 1 aromatic carbocycles. The molecule has 7 heteroatoms. The Kier molecular flexibility index (Phi) is 6.51. The van der Waals surface area contributed by atoms with Crippen molar-refractivity contribution >= 4 is 47.5 Å². The van der Waals surface area contributed by atoms with E-state index in [4.69, 9.17) is 10.8 Å². The molecule has 0 aliphatic heterocycles. The number of halogens is 2. The van der Waals surface area contributed by atoms with Crippen LogP contribution in [0.5, 0.6) is 0 Å². The van der Waals surface area contributed by atoms with Crippen LogP contribution < -0.4 is 5.73 Å². The number of H-pyrrole nitrogens is 1. The minimum atomic E-state index is -0.777. The van der Waals surface area contributed by atoms with Gasteiger partial charge in [0.15, 0.2) is 0 Å². The second kappa shape index (κ2) is 7.08. The van der Waals surface area contributed by atoms with E-state index in [1.165, 1.54) is 0 Å². The van der Waals surface area contributed by atoms with Crippen LogP contribution in [0.25, 0.3) is 11.0 Å². The number of nitrogen functional groups attached to an aromatic ring is 1. The molecule has 0 aliphatic rings. The fraction of sp³-hybridized carbons (Fsp3) is 0.273. The zero-order valence-electron chi connectivity index (χ0n) is 9.55. The first-order valence-corrected chi connectivity index (χ1v) is 5.11. The van der Waals surface area contributed by atoms with Crippen LogP contribution >= 0.6 is 24.8 Å². The van der Waals surface area contributed by atoms with Crippen LogP contribution in [0.2, 0.25) is 0 Å². The van der Waals surface area contributed by atoms with Crippen LogP contribution in [-0.4, -0.2) is 21.0 Å². The van der Waals surface area contributed by atoms with Gasteiger partial charge in [0.25, 0.3) is 0 Å². The molecule has 0 saturated heterocycles. The number of imidazole rings is 1. The number of fused-ring (bicyclic) bond motifs is 1. The highest BCUT2D eigenvalue weighted by Crippen LogP contribution is 2.15. The Labute approximate surface area is 117 Å². The zero-order chi connectivity index (χ0) is 11.5. The SMILES string of the molecule is Cl.Cl.Nc1ccc2nc(CCCC(=O)O)[nH]c2c1. The molecule has 1 aromatic heterocycles. The predicted molar refractivity (Wildman–Crippen MR) is 75.6 cm³/mol. The van der Waals surface area contributed by atoms with Crippen LogP contribution in [0.3, 0.4) is 0 Å². The average molecular weight is 292 g/mol. The van der Waals surface area contributed by atoms with Gasteiger partial charge >= 0.3 is 5.97 Å². The molecule has 4 N–H and O–H groups in total. The van der Waals surface area contributed by atoms with Crippen molar-refractivity contribution in [1.82, 2.24) is 9.97 Å². The quantitative estimate of drug-likeness (QED) is 0.754. The molecule has 0 radical (unpaired) electrons. The van der Waals surface area contributed by atoms with E-state index in [-0.39, 0.29) is 31.2 Å². The number of nitrogens with zero attached hydrogens (tertiary/aromatic N) is 1. The molecule has 0 fully saturated rings. The lowest BCUT2D eigenvalue weighted by molar-refractivity contribution is -0.137. The van der Waals surface area contributed by atoms with Gasteiger partial charge in [-0.25, -0.2) is 4.98 Å².